The summed E-state index contributed by atoms with van der Waals surface area (Å²) in [4.78, 5) is 16.8. The molecule has 2 N–H and O–H groups in total. The molecule has 0 radical (unpaired) electrons. The van der Waals surface area contributed by atoms with E-state index in [0.29, 0.717) is 29.0 Å². The fourth-order valence-electron chi connectivity index (χ4n) is 3.73. The minimum absolute atomic E-state index is 0.0293. The molecular formula is C24H26N2O4. The number of fused-ring (bicyclic) bond motifs is 2. The predicted molar refractivity (Wildman–Crippen MR) is 118 cm³/mol. The Labute approximate surface area is 174 Å². The Morgan fingerprint density at radius 1 is 1.10 bits per heavy atom. The minimum Gasteiger partial charge on any atom is -0.454 e. The van der Waals surface area contributed by atoms with E-state index in [0.717, 1.165) is 39.6 Å². The zero-order chi connectivity index (χ0) is 21.4. The summed E-state index contributed by atoms with van der Waals surface area (Å²) in [6, 6.07) is 7.45. The van der Waals surface area contributed by atoms with Gasteiger partial charge < -0.3 is 19.3 Å². The smallest absolute Gasteiger partial charge is 0.336 e. The van der Waals surface area contributed by atoms with Gasteiger partial charge in [0.05, 0.1) is 12.3 Å². The number of aliphatic hydroxyl groups is 1. The standard InChI is InChI=1S/C24H26N2O4/c1-5-17(12-27)26-11-16-10-25-15(4)24-19(16)8-21(29-24)20-9-22(28)30-23-14(3)13(2)6-7-18(20)23/h6-10,17,26-27H,5,11-12H2,1-4H3. The van der Waals surface area contributed by atoms with Crippen molar-refractivity contribution in [2.45, 2.75) is 46.7 Å². The number of furan rings is 1. The monoisotopic (exact) mass is 406 g/mol. The molecule has 30 heavy (non-hydrogen) atoms. The molecule has 3 aromatic heterocycles. The summed E-state index contributed by atoms with van der Waals surface area (Å²) >= 11 is 0. The van der Waals surface area contributed by atoms with Crippen molar-refractivity contribution in [1.82, 2.24) is 10.3 Å². The van der Waals surface area contributed by atoms with Gasteiger partial charge in [0, 0.05) is 41.2 Å². The molecule has 6 heteroatoms. The predicted octanol–water partition coefficient (Wildman–Crippen LogP) is 4.39. The Balaban J connectivity index is 1.87. The third-order valence-corrected chi connectivity index (χ3v) is 5.81. The molecule has 0 amide bonds. The van der Waals surface area contributed by atoms with E-state index >= 15 is 0 Å². The Morgan fingerprint density at radius 3 is 2.63 bits per heavy atom. The highest BCUT2D eigenvalue weighted by molar-refractivity contribution is 5.97. The highest BCUT2D eigenvalue weighted by atomic mass is 16.4. The van der Waals surface area contributed by atoms with Gasteiger partial charge in [0.25, 0.3) is 0 Å². The summed E-state index contributed by atoms with van der Waals surface area (Å²) in [5, 5.41) is 14.6. The van der Waals surface area contributed by atoms with Crippen molar-refractivity contribution in [2.75, 3.05) is 6.61 Å². The number of pyridine rings is 1. The first kappa shape index (κ1) is 20.3. The lowest BCUT2D eigenvalue weighted by Gasteiger charge is -2.14. The first-order valence-corrected chi connectivity index (χ1v) is 10.2. The van der Waals surface area contributed by atoms with Crippen LogP contribution in [0.25, 0.3) is 33.3 Å². The van der Waals surface area contributed by atoms with Crippen LogP contribution in [0.3, 0.4) is 0 Å². The molecule has 0 saturated heterocycles. The van der Waals surface area contributed by atoms with Gasteiger partial charge in [0.1, 0.15) is 11.3 Å². The van der Waals surface area contributed by atoms with Crippen LogP contribution in [0.15, 0.2) is 44.1 Å². The number of hydrogen-bond acceptors (Lipinski definition) is 6. The second-order valence-corrected chi connectivity index (χ2v) is 7.75. The van der Waals surface area contributed by atoms with Gasteiger partial charge in [0.2, 0.25) is 0 Å². The molecule has 1 unspecified atom stereocenters. The van der Waals surface area contributed by atoms with Crippen molar-refractivity contribution in [2.24, 2.45) is 0 Å². The molecule has 156 valence electrons. The van der Waals surface area contributed by atoms with Gasteiger partial charge in [0.15, 0.2) is 5.58 Å². The van der Waals surface area contributed by atoms with Gasteiger partial charge in [-0.15, -0.1) is 0 Å². The molecule has 0 aliphatic rings. The summed E-state index contributed by atoms with van der Waals surface area (Å²) < 4.78 is 11.7. The number of aliphatic hydroxyl groups excluding tert-OH is 1. The van der Waals surface area contributed by atoms with Gasteiger partial charge in [-0.1, -0.05) is 19.1 Å². The summed E-state index contributed by atoms with van der Waals surface area (Å²) in [7, 11) is 0. The van der Waals surface area contributed by atoms with E-state index in [2.05, 4.69) is 10.3 Å². The summed E-state index contributed by atoms with van der Waals surface area (Å²) in [6.45, 7) is 8.53. The fourth-order valence-corrected chi connectivity index (χ4v) is 3.73. The maximum absolute atomic E-state index is 12.3. The Kier molecular flexibility index (Phi) is 5.45. The van der Waals surface area contributed by atoms with Crippen LogP contribution in [0.5, 0.6) is 0 Å². The zero-order valence-electron chi connectivity index (χ0n) is 17.7. The molecule has 6 nitrogen and oxygen atoms in total. The van der Waals surface area contributed by atoms with Crippen LogP contribution >= 0.6 is 0 Å². The number of hydrogen-bond donors (Lipinski definition) is 2. The number of nitrogens with one attached hydrogen (secondary N) is 1. The largest absolute Gasteiger partial charge is 0.454 e. The van der Waals surface area contributed by atoms with Crippen molar-refractivity contribution in [3.8, 4) is 11.3 Å². The van der Waals surface area contributed by atoms with Gasteiger partial charge in [-0.05, 0) is 49.9 Å². The summed E-state index contributed by atoms with van der Waals surface area (Å²) in [5.74, 6) is 0.609. The number of aryl methyl sites for hydroxylation is 3. The average molecular weight is 406 g/mol. The topological polar surface area (TPSA) is 88.5 Å². The third kappa shape index (κ3) is 3.53. The fraction of sp³-hybridized carbons (Fsp3) is 0.333. The van der Waals surface area contributed by atoms with E-state index in [1.807, 2.05) is 52.1 Å². The average Bonchev–Trinajstić information content (AvgIpc) is 3.19. The van der Waals surface area contributed by atoms with Crippen LogP contribution in [0.1, 0.15) is 35.7 Å². The molecule has 0 aliphatic carbocycles. The van der Waals surface area contributed by atoms with Crippen LogP contribution in [0, 0.1) is 20.8 Å². The van der Waals surface area contributed by atoms with Crippen molar-refractivity contribution in [3.05, 3.63) is 63.3 Å². The van der Waals surface area contributed by atoms with Crippen molar-refractivity contribution in [1.29, 1.82) is 0 Å². The lowest BCUT2D eigenvalue weighted by Crippen LogP contribution is -2.31. The molecule has 0 bridgehead atoms. The van der Waals surface area contributed by atoms with Gasteiger partial charge in [-0.25, -0.2) is 4.79 Å². The first-order chi connectivity index (χ1) is 14.4. The van der Waals surface area contributed by atoms with Gasteiger partial charge in [-0.3, -0.25) is 4.98 Å². The van der Waals surface area contributed by atoms with Crippen LogP contribution in [0.2, 0.25) is 0 Å². The Hall–Kier alpha value is -2.96. The second-order valence-electron chi connectivity index (χ2n) is 7.75. The van der Waals surface area contributed by atoms with Crippen LogP contribution in [0.4, 0.5) is 0 Å². The molecule has 0 saturated carbocycles. The van der Waals surface area contributed by atoms with E-state index in [-0.39, 0.29) is 12.6 Å². The number of aromatic nitrogens is 1. The first-order valence-electron chi connectivity index (χ1n) is 10.2. The van der Waals surface area contributed by atoms with Crippen LogP contribution in [-0.4, -0.2) is 22.7 Å². The molecule has 0 aliphatic heterocycles. The zero-order valence-corrected chi connectivity index (χ0v) is 17.7. The molecule has 1 aromatic carbocycles. The summed E-state index contributed by atoms with van der Waals surface area (Å²) in [5.41, 5.74) is 5.37. The molecule has 1 atom stereocenters. The van der Waals surface area contributed by atoms with Gasteiger partial charge >= 0.3 is 5.63 Å². The molecule has 0 spiro atoms. The van der Waals surface area contributed by atoms with E-state index in [1.165, 1.54) is 6.07 Å². The van der Waals surface area contributed by atoms with E-state index in [4.69, 9.17) is 8.83 Å². The Bertz CT molecular complexity index is 1280. The molecule has 3 heterocycles. The lowest BCUT2D eigenvalue weighted by molar-refractivity contribution is 0.238. The maximum Gasteiger partial charge on any atom is 0.336 e. The van der Waals surface area contributed by atoms with E-state index < -0.39 is 5.63 Å². The molecule has 4 aromatic rings. The van der Waals surface area contributed by atoms with Crippen LogP contribution in [-0.2, 0) is 6.54 Å². The number of nitrogens with zero attached hydrogens (tertiary/aromatic N) is 1. The highest BCUT2D eigenvalue weighted by Crippen LogP contribution is 2.35. The molecule has 4 rings (SSSR count). The maximum atomic E-state index is 12.3. The Morgan fingerprint density at radius 2 is 1.90 bits per heavy atom. The van der Waals surface area contributed by atoms with Gasteiger partial charge in [-0.2, -0.15) is 0 Å². The van der Waals surface area contributed by atoms with E-state index in [1.54, 1.807) is 0 Å². The molecular weight excluding hydrogens is 380 g/mol. The second kappa shape index (κ2) is 8.05. The normalized spacial score (nSPS) is 12.7. The molecule has 0 fully saturated rings. The SMILES string of the molecule is CCC(CO)NCc1cnc(C)c2oc(-c3cc(=O)oc4c(C)c(C)ccc34)cc12. The lowest BCUT2D eigenvalue weighted by atomic mass is 10.0. The third-order valence-electron chi connectivity index (χ3n) is 5.81. The quantitative estimate of drug-likeness (QED) is 0.462. The van der Waals surface area contributed by atoms with Crippen LogP contribution < -0.4 is 10.9 Å². The van der Waals surface area contributed by atoms with E-state index in [9.17, 15) is 9.90 Å². The minimum atomic E-state index is -0.405. The van der Waals surface area contributed by atoms with Crippen molar-refractivity contribution in [3.63, 3.8) is 0 Å². The summed E-state index contributed by atoms with van der Waals surface area (Å²) in [6.07, 6.45) is 2.67. The highest BCUT2D eigenvalue weighted by Gasteiger charge is 2.18. The number of benzene rings is 1. The van der Waals surface area contributed by atoms with Crippen molar-refractivity contribution < 1.29 is 13.9 Å². The number of rotatable bonds is 6. The van der Waals surface area contributed by atoms with Crippen molar-refractivity contribution >= 4 is 21.9 Å².